The standard InChI is InChI=1S/C17H19F4NO2/c1-9(2)10-3-12(14(20)13(19)4-10)17-8-24-6-11(17)5-16(21,7-18)15(23)22-17/h3-4,9,11H,5-8H2,1-2H3,(H,22,23)/t11-,16?,17+/m1/s1. The molecule has 1 amide bonds. The van der Waals surface area contributed by atoms with Crippen LogP contribution in [0.4, 0.5) is 17.6 Å². The minimum absolute atomic E-state index is 0.0406. The van der Waals surface area contributed by atoms with E-state index in [1.807, 2.05) is 13.8 Å². The molecule has 2 aliphatic rings. The van der Waals surface area contributed by atoms with Gasteiger partial charge in [-0.2, -0.15) is 0 Å². The van der Waals surface area contributed by atoms with Gasteiger partial charge in [0.05, 0.1) is 18.8 Å². The highest BCUT2D eigenvalue weighted by molar-refractivity contribution is 5.87. The summed E-state index contributed by atoms with van der Waals surface area (Å²) in [5.74, 6) is -4.02. The Morgan fingerprint density at radius 1 is 1.38 bits per heavy atom. The first-order valence-electron chi connectivity index (χ1n) is 7.88. The topological polar surface area (TPSA) is 38.3 Å². The lowest BCUT2D eigenvalue weighted by molar-refractivity contribution is -0.143. The van der Waals surface area contributed by atoms with Crippen LogP contribution in [-0.2, 0) is 15.1 Å². The quantitative estimate of drug-likeness (QED) is 0.855. The molecule has 0 aliphatic carbocycles. The highest BCUT2D eigenvalue weighted by Gasteiger charge is 2.59. The molecule has 2 fully saturated rings. The fraction of sp³-hybridized carbons (Fsp3) is 0.588. The summed E-state index contributed by atoms with van der Waals surface area (Å²) in [6, 6.07) is 2.59. The van der Waals surface area contributed by atoms with Gasteiger partial charge >= 0.3 is 0 Å². The van der Waals surface area contributed by atoms with E-state index in [9.17, 15) is 22.4 Å². The number of rotatable bonds is 3. The van der Waals surface area contributed by atoms with Gasteiger partial charge in [0.2, 0.25) is 5.67 Å². The summed E-state index contributed by atoms with van der Waals surface area (Å²) in [6.45, 7) is 2.12. The third-order valence-electron chi connectivity index (χ3n) is 5.07. The smallest absolute Gasteiger partial charge is 0.261 e. The van der Waals surface area contributed by atoms with Crippen LogP contribution in [0.2, 0.25) is 0 Å². The van der Waals surface area contributed by atoms with E-state index < -0.39 is 47.8 Å². The van der Waals surface area contributed by atoms with Crippen LogP contribution in [0.1, 0.15) is 37.3 Å². The first-order chi connectivity index (χ1) is 11.2. The Kier molecular flexibility index (Phi) is 4.10. The predicted molar refractivity (Wildman–Crippen MR) is 79.0 cm³/mol. The van der Waals surface area contributed by atoms with Crippen molar-refractivity contribution in [3.63, 3.8) is 0 Å². The van der Waals surface area contributed by atoms with E-state index in [2.05, 4.69) is 5.32 Å². The van der Waals surface area contributed by atoms with E-state index in [1.54, 1.807) is 0 Å². The van der Waals surface area contributed by atoms with Gasteiger partial charge < -0.3 is 10.1 Å². The number of piperidine rings is 1. The van der Waals surface area contributed by atoms with Crippen LogP contribution >= 0.6 is 0 Å². The lowest BCUT2D eigenvalue weighted by Crippen LogP contribution is -2.64. The average molecular weight is 345 g/mol. The molecule has 132 valence electrons. The Morgan fingerprint density at radius 2 is 2.08 bits per heavy atom. The van der Waals surface area contributed by atoms with Crippen LogP contribution in [0.3, 0.4) is 0 Å². The Bertz CT molecular complexity index is 681. The third-order valence-corrected chi connectivity index (χ3v) is 5.07. The molecule has 2 saturated heterocycles. The van der Waals surface area contributed by atoms with E-state index in [-0.39, 0.29) is 24.7 Å². The number of nitrogens with one attached hydrogen (secondary N) is 1. The van der Waals surface area contributed by atoms with Crippen LogP contribution < -0.4 is 5.32 Å². The van der Waals surface area contributed by atoms with Crippen LogP contribution in [0, 0.1) is 17.6 Å². The molecule has 0 spiro atoms. The number of benzene rings is 1. The molecular weight excluding hydrogens is 326 g/mol. The van der Waals surface area contributed by atoms with Crippen molar-refractivity contribution < 1.29 is 27.1 Å². The summed E-state index contributed by atoms with van der Waals surface area (Å²) < 4.78 is 61.3. The Hall–Kier alpha value is -1.63. The van der Waals surface area contributed by atoms with Crippen LogP contribution in [-0.4, -0.2) is 31.5 Å². The molecule has 3 nitrogen and oxygen atoms in total. The summed E-state index contributed by atoms with van der Waals surface area (Å²) >= 11 is 0. The molecule has 3 atom stereocenters. The van der Waals surface area contributed by atoms with Crippen molar-refractivity contribution in [1.82, 2.24) is 5.32 Å². The molecule has 7 heteroatoms. The molecular formula is C17H19F4NO2. The maximum absolute atomic E-state index is 14.5. The highest BCUT2D eigenvalue weighted by atomic mass is 19.2. The van der Waals surface area contributed by atoms with Gasteiger partial charge in [0.1, 0.15) is 6.67 Å². The molecule has 1 N–H and O–H groups in total. The van der Waals surface area contributed by atoms with Gasteiger partial charge in [0.25, 0.3) is 5.91 Å². The van der Waals surface area contributed by atoms with Gasteiger partial charge in [0, 0.05) is 17.9 Å². The van der Waals surface area contributed by atoms with E-state index in [0.717, 1.165) is 6.07 Å². The summed E-state index contributed by atoms with van der Waals surface area (Å²) in [5, 5.41) is 2.40. The fourth-order valence-electron chi connectivity index (χ4n) is 3.54. The van der Waals surface area contributed by atoms with Crippen LogP contribution in [0.5, 0.6) is 0 Å². The van der Waals surface area contributed by atoms with E-state index in [4.69, 9.17) is 4.74 Å². The zero-order chi connectivity index (χ0) is 17.7. The zero-order valence-corrected chi connectivity index (χ0v) is 13.5. The number of carbonyl (C=O) groups excluding carboxylic acids is 1. The molecule has 0 radical (unpaired) electrons. The largest absolute Gasteiger partial charge is 0.378 e. The molecule has 24 heavy (non-hydrogen) atoms. The van der Waals surface area contributed by atoms with Gasteiger partial charge in [-0.15, -0.1) is 0 Å². The number of carbonyl (C=O) groups is 1. The van der Waals surface area contributed by atoms with Crippen LogP contribution in [0.25, 0.3) is 0 Å². The number of amides is 1. The van der Waals surface area contributed by atoms with Gasteiger partial charge in [-0.3, -0.25) is 4.79 Å². The van der Waals surface area contributed by atoms with E-state index >= 15 is 0 Å². The summed E-state index contributed by atoms with van der Waals surface area (Å²) in [4.78, 5) is 12.1. The number of ether oxygens (including phenoxy) is 1. The normalized spacial score (nSPS) is 32.8. The van der Waals surface area contributed by atoms with Crippen molar-refractivity contribution in [3.8, 4) is 0 Å². The molecule has 1 aromatic rings. The number of halogens is 4. The first-order valence-corrected chi connectivity index (χ1v) is 7.88. The van der Waals surface area contributed by atoms with Crippen molar-refractivity contribution in [2.24, 2.45) is 5.92 Å². The second kappa shape index (κ2) is 5.72. The zero-order valence-electron chi connectivity index (χ0n) is 13.5. The Labute approximate surface area is 137 Å². The highest BCUT2D eigenvalue weighted by Crippen LogP contribution is 2.46. The number of hydrogen-bond donors (Lipinski definition) is 1. The van der Waals surface area contributed by atoms with Crippen molar-refractivity contribution in [3.05, 3.63) is 34.9 Å². The van der Waals surface area contributed by atoms with Crippen molar-refractivity contribution >= 4 is 5.91 Å². The lowest BCUT2D eigenvalue weighted by Gasteiger charge is -2.43. The SMILES string of the molecule is CC(C)c1cc(F)c(F)c([C@]23COC[C@H]2CC(F)(CF)C(=O)N3)c1. The van der Waals surface area contributed by atoms with Gasteiger partial charge in [0.15, 0.2) is 11.6 Å². The second-order valence-electron chi connectivity index (χ2n) is 6.96. The predicted octanol–water partition coefficient (Wildman–Crippen LogP) is 3.13. The number of fused-ring (bicyclic) bond motifs is 1. The van der Waals surface area contributed by atoms with Crippen molar-refractivity contribution in [1.29, 1.82) is 0 Å². The number of alkyl halides is 2. The van der Waals surface area contributed by atoms with Crippen molar-refractivity contribution in [2.45, 2.75) is 37.4 Å². The maximum atomic E-state index is 14.5. The molecule has 0 saturated carbocycles. The molecule has 1 unspecified atom stereocenters. The van der Waals surface area contributed by atoms with E-state index in [1.165, 1.54) is 6.07 Å². The Morgan fingerprint density at radius 3 is 2.71 bits per heavy atom. The average Bonchev–Trinajstić information content (AvgIpc) is 2.93. The van der Waals surface area contributed by atoms with Gasteiger partial charge in [-0.1, -0.05) is 13.8 Å². The molecule has 0 bridgehead atoms. The minimum atomic E-state index is -2.66. The lowest BCUT2D eigenvalue weighted by atomic mass is 9.71. The van der Waals surface area contributed by atoms with Crippen LogP contribution in [0.15, 0.2) is 12.1 Å². The molecule has 3 rings (SSSR count). The number of hydrogen-bond acceptors (Lipinski definition) is 2. The molecule has 1 aromatic carbocycles. The molecule has 2 heterocycles. The van der Waals surface area contributed by atoms with Crippen molar-refractivity contribution in [2.75, 3.05) is 19.9 Å². The fourth-order valence-corrected chi connectivity index (χ4v) is 3.54. The summed E-state index contributed by atoms with van der Waals surface area (Å²) in [5.41, 5.74) is -3.55. The van der Waals surface area contributed by atoms with Gasteiger partial charge in [-0.25, -0.2) is 17.6 Å². The minimum Gasteiger partial charge on any atom is -0.378 e. The first kappa shape index (κ1) is 17.2. The second-order valence-corrected chi connectivity index (χ2v) is 6.96. The van der Waals surface area contributed by atoms with E-state index in [0.29, 0.717) is 5.56 Å². The Balaban J connectivity index is 2.12. The molecule has 0 aromatic heterocycles. The summed E-state index contributed by atoms with van der Waals surface area (Å²) in [7, 11) is 0. The molecule has 2 aliphatic heterocycles. The summed E-state index contributed by atoms with van der Waals surface area (Å²) in [6.07, 6.45) is -0.428. The monoisotopic (exact) mass is 345 g/mol. The van der Waals surface area contributed by atoms with Gasteiger partial charge in [-0.05, 0) is 23.6 Å². The maximum Gasteiger partial charge on any atom is 0.261 e. The third kappa shape index (κ3) is 2.41.